The molecule has 4 aromatic rings. The summed E-state index contributed by atoms with van der Waals surface area (Å²) in [6.07, 6.45) is 1.63. The summed E-state index contributed by atoms with van der Waals surface area (Å²) < 4.78 is 18.3. The van der Waals surface area contributed by atoms with Crippen LogP contribution < -0.4 is 24.4 Å². The van der Waals surface area contributed by atoms with Crippen molar-refractivity contribution in [3.05, 3.63) is 129 Å². The molecule has 0 saturated heterocycles. The number of hydrogen-bond acceptors (Lipinski definition) is 11. The number of ether oxygens (including phenoxy) is 3. The minimum absolute atomic E-state index is 0.113. The molecular formula is C30H24N4O9S. The van der Waals surface area contributed by atoms with Gasteiger partial charge in [0.1, 0.15) is 0 Å². The number of benzene rings is 3. The van der Waals surface area contributed by atoms with Gasteiger partial charge in [-0.25, -0.2) is 9.79 Å². The van der Waals surface area contributed by atoms with Crippen molar-refractivity contribution in [2.75, 3.05) is 13.7 Å². The number of nitro groups is 2. The monoisotopic (exact) mass is 616 g/mol. The smallest absolute Gasteiger partial charge is 0.338 e. The molecule has 0 fully saturated rings. The molecule has 3 aromatic carbocycles. The maximum Gasteiger partial charge on any atom is 0.338 e. The molecule has 0 spiro atoms. The minimum Gasteiger partial charge on any atom is -0.493 e. The van der Waals surface area contributed by atoms with Gasteiger partial charge in [0.05, 0.1) is 51.5 Å². The topological polar surface area (TPSA) is 165 Å². The van der Waals surface area contributed by atoms with Crippen LogP contribution in [0.5, 0.6) is 17.2 Å². The van der Waals surface area contributed by atoms with E-state index < -0.39 is 33.2 Å². The molecule has 1 aromatic heterocycles. The van der Waals surface area contributed by atoms with E-state index in [0.29, 0.717) is 20.6 Å². The Morgan fingerprint density at radius 3 is 2.41 bits per heavy atom. The van der Waals surface area contributed by atoms with E-state index in [9.17, 15) is 29.8 Å². The van der Waals surface area contributed by atoms with Crippen LogP contribution >= 0.6 is 11.3 Å². The third kappa shape index (κ3) is 5.70. The Morgan fingerprint density at radius 1 is 1.02 bits per heavy atom. The zero-order valence-corrected chi connectivity index (χ0v) is 24.4. The molecule has 13 nitrogen and oxygen atoms in total. The van der Waals surface area contributed by atoms with Crippen LogP contribution in [0.25, 0.3) is 6.08 Å². The molecule has 0 amide bonds. The summed E-state index contributed by atoms with van der Waals surface area (Å²) in [5.41, 5.74) is 0.604. The highest BCUT2D eigenvalue weighted by atomic mass is 32.1. The van der Waals surface area contributed by atoms with Crippen LogP contribution in [0.15, 0.2) is 87.8 Å². The van der Waals surface area contributed by atoms with E-state index in [1.807, 2.05) is 30.3 Å². The standard InChI is InChI=1S/C30H24N4O9S/c1-4-42-29(36)26-17(2)31-30-32(27(26)19-8-6-5-7-9-19)28(35)25(44-30)15-18-10-12-23(24(14-18)41-3)43-22-13-11-20(33(37)38)16-21(22)34(39)40/h5-16,27H,4H2,1-3H3/b25-15+/t27-/m0/s1. The van der Waals surface area contributed by atoms with Gasteiger partial charge in [-0.05, 0) is 49.2 Å². The molecule has 0 aliphatic carbocycles. The number of allylic oxidation sites excluding steroid dienone is 1. The van der Waals surface area contributed by atoms with Crippen LogP contribution in [0.4, 0.5) is 11.4 Å². The van der Waals surface area contributed by atoms with Gasteiger partial charge < -0.3 is 14.2 Å². The van der Waals surface area contributed by atoms with Crippen molar-refractivity contribution >= 4 is 34.8 Å². The lowest BCUT2D eigenvalue weighted by Crippen LogP contribution is -2.39. The van der Waals surface area contributed by atoms with Gasteiger partial charge in [-0.1, -0.05) is 47.7 Å². The lowest BCUT2D eigenvalue weighted by atomic mass is 9.96. The van der Waals surface area contributed by atoms with Crippen molar-refractivity contribution < 1.29 is 28.9 Å². The number of nitrogens with zero attached hydrogens (tertiary/aromatic N) is 4. The lowest BCUT2D eigenvalue weighted by molar-refractivity contribution is -0.394. The fourth-order valence-corrected chi connectivity index (χ4v) is 5.77. The van der Waals surface area contributed by atoms with Crippen molar-refractivity contribution in [3.63, 3.8) is 0 Å². The summed E-state index contributed by atoms with van der Waals surface area (Å²) >= 11 is 1.16. The van der Waals surface area contributed by atoms with Crippen LogP contribution in [-0.2, 0) is 9.53 Å². The number of fused-ring (bicyclic) bond motifs is 1. The number of carbonyl (C=O) groups is 1. The normalized spacial score (nSPS) is 14.4. The van der Waals surface area contributed by atoms with Crippen molar-refractivity contribution in [3.8, 4) is 17.2 Å². The predicted octanol–water partition coefficient (Wildman–Crippen LogP) is 4.42. The van der Waals surface area contributed by atoms with E-state index >= 15 is 0 Å². The number of methoxy groups -OCH3 is 1. The molecule has 0 N–H and O–H groups in total. The van der Waals surface area contributed by atoms with Gasteiger partial charge in [-0.15, -0.1) is 0 Å². The molecule has 0 saturated carbocycles. The number of nitro benzene ring substituents is 2. The van der Waals surface area contributed by atoms with E-state index in [2.05, 4.69) is 4.99 Å². The van der Waals surface area contributed by atoms with Crippen molar-refractivity contribution in [1.82, 2.24) is 4.57 Å². The molecule has 0 bridgehead atoms. The van der Waals surface area contributed by atoms with E-state index in [4.69, 9.17) is 14.2 Å². The number of hydrogen-bond donors (Lipinski definition) is 0. The van der Waals surface area contributed by atoms with Gasteiger partial charge in [-0.3, -0.25) is 29.6 Å². The lowest BCUT2D eigenvalue weighted by Gasteiger charge is -2.24. The molecular weight excluding hydrogens is 592 g/mol. The van der Waals surface area contributed by atoms with E-state index in [1.165, 1.54) is 17.7 Å². The summed E-state index contributed by atoms with van der Waals surface area (Å²) in [6, 6.07) is 16.2. The van der Waals surface area contributed by atoms with Crippen LogP contribution in [0, 0.1) is 20.2 Å². The average Bonchev–Trinajstić information content (AvgIpc) is 3.31. The number of aromatic nitrogens is 1. The van der Waals surface area contributed by atoms with Crippen molar-refractivity contribution in [1.29, 1.82) is 0 Å². The summed E-state index contributed by atoms with van der Waals surface area (Å²) in [7, 11) is 1.38. The highest BCUT2D eigenvalue weighted by molar-refractivity contribution is 7.07. The Kier molecular flexibility index (Phi) is 8.35. The second-order valence-electron chi connectivity index (χ2n) is 9.39. The average molecular weight is 617 g/mol. The van der Waals surface area contributed by atoms with Crippen LogP contribution in [0.3, 0.4) is 0 Å². The highest BCUT2D eigenvalue weighted by Crippen LogP contribution is 2.38. The number of thiazole rings is 1. The third-order valence-electron chi connectivity index (χ3n) is 6.69. The summed E-state index contributed by atoms with van der Waals surface area (Å²) in [4.78, 5) is 52.9. The first-order valence-corrected chi connectivity index (χ1v) is 14.0. The number of carbonyl (C=O) groups excluding carboxylic acids is 1. The second-order valence-corrected chi connectivity index (χ2v) is 10.4. The number of esters is 1. The van der Waals surface area contributed by atoms with E-state index in [-0.39, 0.29) is 35.0 Å². The Hall–Kier alpha value is -5.63. The molecule has 0 unspecified atom stereocenters. The predicted molar refractivity (Wildman–Crippen MR) is 160 cm³/mol. The molecule has 5 rings (SSSR count). The molecule has 224 valence electrons. The van der Waals surface area contributed by atoms with Crippen LogP contribution in [-0.4, -0.2) is 34.1 Å². The first kappa shape index (κ1) is 29.8. The maximum absolute atomic E-state index is 13.8. The zero-order chi connectivity index (χ0) is 31.5. The third-order valence-corrected chi connectivity index (χ3v) is 7.67. The van der Waals surface area contributed by atoms with Gasteiger partial charge in [0.2, 0.25) is 5.75 Å². The molecule has 1 aliphatic rings. The number of rotatable bonds is 9. The van der Waals surface area contributed by atoms with Crippen molar-refractivity contribution in [2.45, 2.75) is 19.9 Å². The Balaban J connectivity index is 1.56. The van der Waals surface area contributed by atoms with Crippen LogP contribution in [0.1, 0.15) is 31.0 Å². The first-order chi connectivity index (χ1) is 21.1. The summed E-state index contributed by atoms with van der Waals surface area (Å²) in [6.45, 7) is 3.58. The van der Waals surface area contributed by atoms with Gasteiger partial charge >= 0.3 is 11.7 Å². The first-order valence-electron chi connectivity index (χ1n) is 13.2. The maximum atomic E-state index is 13.8. The van der Waals surface area contributed by atoms with Gasteiger partial charge in [0.25, 0.3) is 11.2 Å². The van der Waals surface area contributed by atoms with Gasteiger partial charge in [0.15, 0.2) is 16.3 Å². The zero-order valence-electron chi connectivity index (χ0n) is 23.6. The highest BCUT2D eigenvalue weighted by Gasteiger charge is 2.33. The van der Waals surface area contributed by atoms with E-state index in [0.717, 1.165) is 35.1 Å². The second kappa shape index (κ2) is 12.3. The quantitative estimate of drug-likeness (QED) is 0.150. The fraction of sp³-hybridized carbons (Fsp3) is 0.167. The fourth-order valence-electron chi connectivity index (χ4n) is 4.72. The molecule has 1 atom stereocenters. The van der Waals surface area contributed by atoms with Crippen molar-refractivity contribution in [2.24, 2.45) is 4.99 Å². The van der Waals surface area contributed by atoms with Gasteiger partial charge in [0, 0.05) is 6.07 Å². The Morgan fingerprint density at radius 2 is 1.75 bits per heavy atom. The molecule has 2 heterocycles. The van der Waals surface area contributed by atoms with Gasteiger partial charge in [-0.2, -0.15) is 0 Å². The van der Waals surface area contributed by atoms with E-state index in [1.54, 1.807) is 32.1 Å². The minimum atomic E-state index is -0.777. The molecule has 44 heavy (non-hydrogen) atoms. The summed E-state index contributed by atoms with van der Waals surface area (Å²) in [5.74, 6) is -0.456. The Bertz CT molecular complexity index is 2020. The summed E-state index contributed by atoms with van der Waals surface area (Å²) in [5, 5.41) is 22.6. The SMILES string of the molecule is CCOC(=O)C1=C(C)N=c2s/c(=C/c3ccc(Oc4ccc([N+](=O)[O-])cc4[N+](=O)[O-])c(OC)c3)c(=O)n2[C@H]1c1ccccc1. The molecule has 1 aliphatic heterocycles. The van der Waals surface area contributed by atoms with Crippen LogP contribution in [0.2, 0.25) is 0 Å². The molecule has 14 heteroatoms. The largest absolute Gasteiger partial charge is 0.493 e. The number of non-ortho nitro benzene ring substituents is 1. The molecule has 0 radical (unpaired) electrons. The Labute approximate surface area is 252 Å².